The summed E-state index contributed by atoms with van der Waals surface area (Å²) < 4.78 is 262. The van der Waals surface area contributed by atoms with Gasteiger partial charge >= 0.3 is 0 Å². The molecule has 0 spiro atoms. The first-order valence-electron chi connectivity index (χ1n) is 30.2. The molecule has 0 saturated heterocycles. The van der Waals surface area contributed by atoms with Gasteiger partial charge in [-0.1, -0.05) is 151 Å². The van der Waals surface area contributed by atoms with E-state index >= 15 is 0 Å². The lowest BCUT2D eigenvalue weighted by atomic mass is 9.99. The molecule has 0 fully saturated rings. The molecule has 0 bridgehead atoms. The van der Waals surface area contributed by atoms with E-state index in [1.54, 1.807) is 0 Å². The third-order valence-electron chi connectivity index (χ3n) is 8.24. The average Bonchev–Trinajstić information content (AvgIpc) is 1.71. The maximum Gasteiger partial charge on any atom is 0.164 e. The number of benzene rings is 8. The lowest BCUT2D eigenvalue weighted by Gasteiger charge is -2.10. The number of hydrogen-bond donors (Lipinski definition) is 0. The summed E-state index contributed by atoms with van der Waals surface area (Å²) in [6.07, 6.45) is 0. The van der Waals surface area contributed by atoms with Crippen LogP contribution in [0.5, 0.6) is 0 Å². The molecule has 11 rings (SSSR count). The molecule has 5 heteroatoms. The van der Waals surface area contributed by atoms with Gasteiger partial charge in [0.1, 0.15) is 11.2 Å². The van der Waals surface area contributed by atoms with E-state index in [-0.39, 0.29) is 47.3 Å². The lowest BCUT2D eigenvalue weighted by Crippen LogP contribution is -2.00. The fourth-order valence-electron chi connectivity index (χ4n) is 5.88. The van der Waals surface area contributed by atoms with E-state index in [9.17, 15) is 9.60 Å². The predicted molar refractivity (Wildman–Crippen MR) is 225 cm³/mol. The third-order valence-corrected chi connectivity index (χ3v) is 9.36. The van der Waals surface area contributed by atoms with Crippen LogP contribution in [0.25, 0.3) is 109 Å². The van der Waals surface area contributed by atoms with Crippen molar-refractivity contribution in [1.82, 2.24) is 15.0 Å². The van der Waals surface area contributed by atoms with Gasteiger partial charge in [-0.25, -0.2) is 15.0 Å². The van der Waals surface area contributed by atoms with E-state index in [4.69, 9.17) is 34.6 Å². The Labute approximate surface area is 355 Å². The minimum Gasteiger partial charge on any atom is -0.455 e. The zero-order valence-corrected chi connectivity index (χ0v) is 27.5. The van der Waals surface area contributed by atoms with Gasteiger partial charge in [0.15, 0.2) is 17.5 Å². The minimum absolute atomic E-state index is 0.0647. The summed E-state index contributed by atoms with van der Waals surface area (Å²) >= 11 is 0.689. The summed E-state index contributed by atoms with van der Waals surface area (Å²) in [5.74, 6) is -2.69. The standard InChI is InChI=1S/C49H29N3OS/c1-3-11-30(12-4-1)32-19-23-34(24-20-32)47-50-48(35-25-21-33(22-26-35)31-13-5-2-6-14-31)52-49(51-47)36-27-28-42-40(29-36)44-45-43(39-17-9-10-18-41(39)53-45)37-15-7-8-16-38(37)46(44)54-42/h1-29H/i1D,2D,3D,4D,5D,6D,7D,8D,9D,10D,11D,12D,13D,14D,15D,16D,17D,18D,19D,20D,21D,22D,23D,24D,25D,26D,27D,28D,29D. The van der Waals surface area contributed by atoms with E-state index < -0.39 is 237 Å². The van der Waals surface area contributed by atoms with Gasteiger partial charge in [-0.3, -0.25) is 0 Å². The molecule has 3 heterocycles. The number of rotatable bonds is 5. The first kappa shape index (κ1) is 13.5. The highest BCUT2D eigenvalue weighted by atomic mass is 32.1. The number of thiophene rings is 1. The Morgan fingerprint density at radius 1 is 0.389 bits per heavy atom. The zero-order chi connectivity index (χ0) is 60.8. The molecule has 0 atom stereocenters. The van der Waals surface area contributed by atoms with Crippen molar-refractivity contribution in [1.29, 1.82) is 0 Å². The monoisotopic (exact) mass is 736 g/mol. The van der Waals surface area contributed by atoms with Crippen molar-refractivity contribution in [3.05, 3.63) is 175 Å². The van der Waals surface area contributed by atoms with Crippen molar-refractivity contribution in [3.63, 3.8) is 0 Å². The van der Waals surface area contributed by atoms with Crippen LogP contribution in [0.3, 0.4) is 0 Å². The summed E-state index contributed by atoms with van der Waals surface area (Å²) in [6.45, 7) is 0. The molecule has 0 unspecified atom stereocenters. The highest BCUT2D eigenvalue weighted by Crippen LogP contribution is 2.47. The molecule has 0 amide bonds. The molecule has 0 saturated carbocycles. The van der Waals surface area contributed by atoms with Gasteiger partial charge < -0.3 is 4.42 Å². The van der Waals surface area contributed by atoms with E-state index in [0.29, 0.717) is 11.3 Å². The van der Waals surface area contributed by atoms with Crippen LogP contribution >= 0.6 is 11.3 Å². The maximum absolute atomic E-state index is 9.99. The lowest BCUT2D eigenvalue weighted by molar-refractivity contribution is 0.673. The maximum atomic E-state index is 9.99. The van der Waals surface area contributed by atoms with Crippen LogP contribution < -0.4 is 0 Å². The number of aromatic nitrogens is 3. The second kappa shape index (κ2) is 12.3. The summed E-state index contributed by atoms with van der Waals surface area (Å²) in [5.41, 5.74) is -6.20. The Kier molecular flexibility index (Phi) is 3.08. The van der Waals surface area contributed by atoms with E-state index in [0.717, 1.165) is 0 Å². The van der Waals surface area contributed by atoms with E-state index in [1.165, 1.54) is 0 Å². The molecule has 0 radical (unpaired) electrons. The molecule has 8 aromatic carbocycles. The quantitative estimate of drug-likeness (QED) is 0.177. The minimum atomic E-state index is -1.04. The fraction of sp³-hybridized carbons (Fsp3) is 0. The summed E-state index contributed by atoms with van der Waals surface area (Å²) in [5, 5.41) is -1.52. The van der Waals surface area contributed by atoms with Crippen LogP contribution in [0.15, 0.2) is 180 Å². The number of furan rings is 1. The van der Waals surface area contributed by atoms with Crippen LogP contribution in [0.4, 0.5) is 0 Å². The number of nitrogens with zero attached hydrogens (tertiary/aromatic N) is 3. The predicted octanol–water partition coefficient (Wildman–Crippen LogP) is 13.6. The first-order valence-corrected chi connectivity index (χ1v) is 16.5. The molecule has 54 heavy (non-hydrogen) atoms. The van der Waals surface area contributed by atoms with Gasteiger partial charge in [0.25, 0.3) is 0 Å². The van der Waals surface area contributed by atoms with Crippen LogP contribution in [0.2, 0.25) is 0 Å². The molecule has 0 N–H and O–H groups in total. The number of fused-ring (bicyclic) bond motifs is 10. The topological polar surface area (TPSA) is 51.8 Å². The van der Waals surface area contributed by atoms with Gasteiger partial charge in [-0.05, 0) is 51.8 Å². The van der Waals surface area contributed by atoms with Crippen molar-refractivity contribution in [2.75, 3.05) is 0 Å². The van der Waals surface area contributed by atoms with Gasteiger partial charge in [0.05, 0.1) is 39.8 Å². The Balaban J connectivity index is 1.30. The Morgan fingerprint density at radius 2 is 0.852 bits per heavy atom. The van der Waals surface area contributed by atoms with Crippen molar-refractivity contribution < 1.29 is 44.2 Å². The molecule has 252 valence electrons. The molecule has 11 aromatic rings. The van der Waals surface area contributed by atoms with Crippen LogP contribution in [0.1, 0.15) is 39.8 Å². The average molecular weight is 737 g/mol. The Bertz CT molecular complexity index is 4650. The normalized spacial score (nSPS) is 19.2. The largest absolute Gasteiger partial charge is 0.455 e. The highest BCUT2D eigenvalue weighted by molar-refractivity contribution is 7.27. The van der Waals surface area contributed by atoms with Gasteiger partial charge in [0.2, 0.25) is 0 Å². The molecule has 4 nitrogen and oxygen atoms in total. The van der Waals surface area contributed by atoms with Crippen LogP contribution in [-0.4, -0.2) is 15.0 Å². The van der Waals surface area contributed by atoms with Gasteiger partial charge in [0, 0.05) is 53.0 Å². The van der Waals surface area contributed by atoms with Crippen LogP contribution in [-0.2, 0) is 0 Å². The zero-order valence-electron chi connectivity index (χ0n) is 55.7. The van der Waals surface area contributed by atoms with Crippen LogP contribution in [0, 0.1) is 0 Å². The summed E-state index contributed by atoms with van der Waals surface area (Å²) in [7, 11) is 0. The SMILES string of the molecule is [2H]c1c([2H])c([2H])c(-c2c([2H])c([2H])c(-c3nc(-c4c([2H])c([2H])c(-c5c([2H])c([2H])c([2H])c([2H])c5[2H])c([2H])c4[2H])nc(-c4c([2H])c([2H])c5sc6c7c([2H])c([2H])c([2H])c([2H])c7c7c(oc8c([2H])c([2H])c([2H])c([2H])c87)c6c5c4[2H])n3)c([2H])c2[2H])c([2H])c1[2H]. The summed E-state index contributed by atoms with van der Waals surface area (Å²) in [6, 6.07) is -24.9. The molecular weight excluding hydrogens is 679 g/mol. The van der Waals surface area contributed by atoms with E-state index in [2.05, 4.69) is 15.0 Å². The fourth-order valence-corrected chi connectivity index (χ4v) is 7.00. The molecule has 0 aliphatic heterocycles. The number of hydrogen-bond acceptors (Lipinski definition) is 5. The smallest absolute Gasteiger partial charge is 0.164 e. The highest BCUT2D eigenvalue weighted by Gasteiger charge is 2.21. The molecule has 3 aromatic heterocycles. The Morgan fingerprint density at radius 3 is 1.46 bits per heavy atom. The van der Waals surface area contributed by atoms with Gasteiger partial charge in [-0.15, -0.1) is 11.3 Å². The molecule has 0 aliphatic rings. The second-order valence-corrected chi connectivity index (χ2v) is 12.3. The first-order chi connectivity index (χ1) is 38.8. The van der Waals surface area contributed by atoms with Crippen molar-refractivity contribution in [2.24, 2.45) is 0 Å². The summed E-state index contributed by atoms with van der Waals surface area (Å²) in [4.78, 5) is 13.2. The van der Waals surface area contributed by atoms with Gasteiger partial charge in [-0.2, -0.15) is 0 Å². The second-order valence-electron chi connectivity index (χ2n) is 11.3. The van der Waals surface area contributed by atoms with Crippen molar-refractivity contribution >= 4 is 64.2 Å². The molecule has 0 aliphatic carbocycles. The van der Waals surface area contributed by atoms with Crippen molar-refractivity contribution in [3.8, 4) is 56.4 Å². The number of para-hydroxylation sites is 1. The third kappa shape index (κ3) is 5.01. The Hall–Kier alpha value is -6.95. The van der Waals surface area contributed by atoms with Crippen molar-refractivity contribution in [2.45, 2.75) is 0 Å². The van der Waals surface area contributed by atoms with E-state index in [1.807, 2.05) is 0 Å². The molecular formula is C49H29N3OS.